The molecule has 0 aliphatic carbocycles. The number of aromatic nitrogens is 3. The molecule has 0 bridgehead atoms. The van der Waals surface area contributed by atoms with Gasteiger partial charge in [-0.3, -0.25) is 4.90 Å². The van der Waals surface area contributed by atoms with E-state index in [1.54, 1.807) is 6.07 Å². The largest absolute Gasteiger partial charge is 0.396 e. The van der Waals surface area contributed by atoms with Crippen LogP contribution in [0.25, 0.3) is 21.1 Å². The van der Waals surface area contributed by atoms with E-state index in [0.717, 1.165) is 65.8 Å². The van der Waals surface area contributed by atoms with Gasteiger partial charge in [-0.05, 0) is 48.6 Å². The summed E-state index contributed by atoms with van der Waals surface area (Å²) in [4.78, 5) is 14.7. The molecule has 1 saturated heterocycles. The summed E-state index contributed by atoms with van der Waals surface area (Å²) in [6.45, 7) is 2.48. The number of rotatable bonds is 7. The normalized spacial score (nSPS) is 15.5. The molecule has 0 spiro atoms. The zero-order chi connectivity index (χ0) is 25.3. The van der Waals surface area contributed by atoms with Crippen LogP contribution < -0.4 is 5.32 Å². The Morgan fingerprint density at radius 1 is 1.19 bits per heavy atom. The summed E-state index contributed by atoms with van der Waals surface area (Å²) in [6, 6.07) is 9.72. The average Bonchev–Trinajstić information content (AvgIpc) is 3.45. The van der Waals surface area contributed by atoms with Crippen molar-refractivity contribution in [2.75, 3.05) is 25.0 Å². The molecular formula is C25H25F3N6OS. The van der Waals surface area contributed by atoms with E-state index in [2.05, 4.69) is 37.3 Å². The number of likely N-dealkylation sites (tertiary alicyclic amines) is 1. The Morgan fingerprint density at radius 3 is 2.72 bits per heavy atom. The van der Waals surface area contributed by atoms with Crippen molar-refractivity contribution in [3.8, 4) is 6.07 Å². The fourth-order valence-electron chi connectivity index (χ4n) is 4.90. The highest BCUT2D eigenvalue weighted by Gasteiger charge is 2.29. The van der Waals surface area contributed by atoms with Crippen molar-refractivity contribution < 1.29 is 18.3 Å². The molecule has 0 atom stereocenters. The fourth-order valence-corrected chi connectivity index (χ4v) is 5.93. The topological polar surface area (TPSA) is 101 Å². The van der Waals surface area contributed by atoms with Crippen LogP contribution in [-0.2, 0) is 19.4 Å². The number of aromatic amines is 1. The number of aliphatic hydroxyl groups excluding tert-OH is 1. The molecule has 1 aromatic carbocycles. The Balaban J connectivity index is 1.25. The predicted molar refractivity (Wildman–Crippen MR) is 133 cm³/mol. The lowest BCUT2D eigenvalue weighted by Crippen LogP contribution is -2.39. The Hall–Kier alpha value is -3.20. The molecule has 0 amide bonds. The highest BCUT2D eigenvalue weighted by atomic mass is 32.1. The van der Waals surface area contributed by atoms with Gasteiger partial charge in [0, 0.05) is 48.1 Å². The Labute approximate surface area is 209 Å². The SMILES string of the molecule is N#Cc1cc2c(CCO)c(CN3CCC(Nc4ncnc5sc(CC(F)(F)F)cc45)CC3)ccc2[nH]1. The number of benzene rings is 1. The zero-order valence-electron chi connectivity index (χ0n) is 19.4. The van der Waals surface area contributed by atoms with Gasteiger partial charge in [-0.15, -0.1) is 11.3 Å². The molecular weight excluding hydrogens is 489 g/mol. The second-order valence-electron chi connectivity index (χ2n) is 9.07. The van der Waals surface area contributed by atoms with Crippen molar-refractivity contribution in [1.82, 2.24) is 19.9 Å². The summed E-state index contributed by atoms with van der Waals surface area (Å²) in [5, 5.41) is 23.9. The van der Waals surface area contributed by atoms with Gasteiger partial charge in [0.05, 0.1) is 11.8 Å². The highest BCUT2D eigenvalue weighted by molar-refractivity contribution is 7.18. The third-order valence-corrected chi connectivity index (χ3v) is 7.61. The van der Waals surface area contributed by atoms with Gasteiger partial charge in [-0.1, -0.05) is 6.07 Å². The first-order valence-electron chi connectivity index (χ1n) is 11.8. The van der Waals surface area contributed by atoms with Gasteiger partial charge in [-0.2, -0.15) is 18.4 Å². The maximum Gasteiger partial charge on any atom is 0.393 e. The molecule has 4 heterocycles. The summed E-state index contributed by atoms with van der Waals surface area (Å²) in [7, 11) is 0. The highest BCUT2D eigenvalue weighted by Crippen LogP contribution is 2.33. The van der Waals surface area contributed by atoms with Crippen LogP contribution in [-0.4, -0.2) is 56.9 Å². The smallest absolute Gasteiger partial charge is 0.393 e. The number of halogens is 3. The lowest BCUT2D eigenvalue weighted by Gasteiger charge is -2.33. The number of thiophene rings is 1. The first-order chi connectivity index (χ1) is 17.3. The third-order valence-electron chi connectivity index (χ3n) is 6.57. The number of alkyl halides is 3. The number of nitrogens with zero attached hydrogens (tertiary/aromatic N) is 4. The van der Waals surface area contributed by atoms with Crippen LogP contribution in [0.1, 0.15) is 34.5 Å². The Kier molecular flexibility index (Phi) is 6.83. The average molecular weight is 515 g/mol. The number of anilines is 1. The van der Waals surface area contributed by atoms with Crippen molar-refractivity contribution in [3.05, 3.63) is 52.3 Å². The Morgan fingerprint density at radius 2 is 2.00 bits per heavy atom. The number of piperidine rings is 1. The van der Waals surface area contributed by atoms with E-state index in [1.807, 2.05) is 12.1 Å². The molecule has 0 unspecified atom stereocenters. The summed E-state index contributed by atoms with van der Waals surface area (Å²) < 4.78 is 38.5. The van der Waals surface area contributed by atoms with Gasteiger partial charge < -0.3 is 15.4 Å². The van der Waals surface area contributed by atoms with E-state index >= 15 is 0 Å². The molecule has 36 heavy (non-hydrogen) atoms. The van der Waals surface area contributed by atoms with Crippen LogP contribution in [0.2, 0.25) is 0 Å². The Bertz CT molecular complexity index is 1420. The lowest BCUT2D eigenvalue weighted by atomic mass is 9.98. The standard InChI is InChI=1S/C25H25F3N6OS/c26-25(27,28)11-18-10-21-23(30-14-31-24(21)36-18)33-16-3-6-34(7-4-16)13-15-1-2-22-20(19(15)5-8-35)9-17(12-29)32-22/h1-2,9-10,14,16,32,35H,3-8,11,13H2,(H,30,31,33). The number of fused-ring (bicyclic) bond motifs is 2. The fraction of sp³-hybridized carbons (Fsp3) is 0.400. The molecule has 3 N–H and O–H groups in total. The molecule has 188 valence electrons. The van der Waals surface area contributed by atoms with E-state index in [4.69, 9.17) is 0 Å². The molecule has 0 saturated carbocycles. The summed E-state index contributed by atoms with van der Waals surface area (Å²) >= 11 is 1.05. The monoisotopic (exact) mass is 514 g/mol. The van der Waals surface area contributed by atoms with Gasteiger partial charge >= 0.3 is 6.18 Å². The molecule has 1 aliphatic heterocycles. The second kappa shape index (κ2) is 10.0. The first-order valence-corrected chi connectivity index (χ1v) is 12.6. The van der Waals surface area contributed by atoms with Crippen LogP contribution in [0.3, 0.4) is 0 Å². The van der Waals surface area contributed by atoms with E-state index in [1.165, 1.54) is 6.33 Å². The zero-order valence-corrected chi connectivity index (χ0v) is 20.2. The minimum atomic E-state index is -4.25. The third kappa shape index (κ3) is 5.31. The van der Waals surface area contributed by atoms with Crippen molar-refractivity contribution in [3.63, 3.8) is 0 Å². The van der Waals surface area contributed by atoms with Crippen molar-refractivity contribution in [2.24, 2.45) is 0 Å². The molecule has 5 rings (SSSR count). The van der Waals surface area contributed by atoms with Crippen LogP contribution in [0.4, 0.5) is 19.0 Å². The number of nitrogens with one attached hydrogen (secondary N) is 2. The number of H-pyrrole nitrogens is 1. The van der Waals surface area contributed by atoms with Gasteiger partial charge in [0.15, 0.2) is 0 Å². The van der Waals surface area contributed by atoms with Crippen molar-refractivity contribution in [2.45, 2.75) is 44.4 Å². The number of hydrogen-bond donors (Lipinski definition) is 3. The molecule has 0 radical (unpaired) electrons. The predicted octanol–water partition coefficient (Wildman–Crippen LogP) is 4.76. The summed E-state index contributed by atoms with van der Waals surface area (Å²) in [5.41, 5.74) is 3.59. The molecule has 1 fully saturated rings. The molecule has 3 aromatic heterocycles. The molecule has 1 aliphatic rings. The van der Waals surface area contributed by atoms with Crippen LogP contribution in [0, 0.1) is 11.3 Å². The minimum absolute atomic E-state index is 0.0336. The van der Waals surface area contributed by atoms with E-state index < -0.39 is 12.6 Å². The number of nitriles is 1. The second-order valence-corrected chi connectivity index (χ2v) is 10.2. The van der Waals surface area contributed by atoms with Gasteiger partial charge in [0.2, 0.25) is 0 Å². The number of hydrogen-bond acceptors (Lipinski definition) is 7. The van der Waals surface area contributed by atoms with E-state index in [0.29, 0.717) is 28.1 Å². The number of aliphatic hydroxyl groups is 1. The summed E-state index contributed by atoms with van der Waals surface area (Å²) in [5.74, 6) is 0.583. The van der Waals surface area contributed by atoms with Crippen LogP contribution >= 0.6 is 11.3 Å². The maximum absolute atomic E-state index is 12.8. The molecule has 4 aromatic rings. The van der Waals surface area contributed by atoms with E-state index in [9.17, 15) is 23.5 Å². The van der Waals surface area contributed by atoms with Crippen LogP contribution in [0.5, 0.6) is 0 Å². The molecule has 11 heteroatoms. The lowest BCUT2D eigenvalue weighted by molar-refractivity contribution is -0.126. The quantitative estimate of drug-likeness (QED) is 0.329. The molecule has 7 nitrogen and oxygen atoms in total. The maximum atomic E-state index is 12.8. The van der Waals surface area contributed by atoms with Crippen molar-refractivity contribution >= 4 is 38.3 Å². The van der Waals surface area contributed by atoms with Crippen molar-refractivity contribution in [1.29, 1.82) is 5.26 Å². The van der Waals surface area contributed by atoms with Gasteiger partial charge in [0.1, 0.15) is 28.7 Å². The summed E-state index contributed by atoms with van der Waals surface area (Å²) in [6.07, 6.45) is -1.57. The minimum Gasteiger partial charge on any atom is -0.396 e. The van der Waals surface area contributed by atoms with E-state index in [-0.39, 0.29) is 17.5 Å². The van der Waals surface area contributed by atoms with Gasteiger partial charge in [0.25, 0.3) is 0 Å². The van der Waals surface area contributed by atoms with Crippen LogP contribution in [0.15, 0.2) is 30.6 Å². The first kappa shape index (κ1) is 24.5. The van der Waals surface area contributed by atoms with Gasteiger partial charge in [-0.25, -0.2) is 9.97 Å².